The Balaban J connectivity index is 3.78. The molecule has 0 spiro atoms. The van der Waals surface area contributed by atoms with Gasteiger partial charge in [0, 0.05) is 22.2 Å². The fourth-order valence-corrected chi connectivity index (χ4v) is 9.01. The molecule has 7 nitrogen and oxygen atoms in total. The molecule has 0 bridgehead atoms. The lowest BCUT2D eigenvalue weighted by molar-refractivity contribution is 0.180. The standard InChI is InChI=1S/C27H51NO6P2/c1-11-15-31-35(29,32-16-12-2)25(36(30,33-17-13-3)34-18-14-4)21-22-19-23(26(5,6)7)28-24(20-22)27(8,9)10/h19-20,25H,11-18,21H2,1-10H3. The average molecular weight is 548 g/mol. The quantitative estimate of drug-likeness (QED) is 0.192. The second-order valence-electron chi connectivity index (χ2n) is 11.3. The molecule has 0 atom stereocenters. The van der Waals surface area contributed by atoms with Gasteiger partial charge in [-0.3, -0.25) is 14.1 Å². The zero-order chi connectivity index (χ0) is 27.6. The minimum Gasteiger partial charge on any atom is -0.308 e. The minimum absolute atomic E-state index is 0.171. The van der Waals surface area contributed by atoms with Gasteiger partial charge in [0.1, 0.15) is 0 Å². The summed E-state index contributed by atoms with van der Waals surface area (Å²) in [5.41, 5.74) is 2.30. The summed E-state index contributed by atoms with van der Waals surface area (Å²) in [5.74, 6) is 0. The smallest absolute Gasteiger partial charge is 0.308 e. The number of aromatic nitrogens is 1. The van der Waals surface area contributed by atoms with Gasteiger partial charge < -0.3 is 18.1 Å². The zero-order valence-corrected chi connectivity index (χ0v) is 26.2. The SMILES string of the molecule is CCCOP(=O)(OCCC)C(Cc1cc(C(C)(C)C)nc(C(C)(C)C)c1)P(=O)(OCCC)OCCC. The summed E-state index contributed by atoms with van der Waals surface area (Å²) in [4.78, 5) is 4.94. The molecule has 0 aliphatic carbocycles. The van der Waals surface area contributed by atoms with E-state index in [4.69, 9.17) is 23.1 Å². The van der Waals surface area contributed by atoms with E-state index in [0.29, 0.717) is 25.7 Å². The molecule has 0 radical (unpaired) electrons. The number of rotatable bonds is 16. The van der Waals surface area contributed by atoms with Crippen molar-refractivity contribution in [3.63, 3.8) is 0 Å². The first-order valence-corrected chi connectivity index (χ1v) is 16.7. The molecule has 1 heterocycles. The number of nitrogens with zero attached hydrogens (tertiary/aromatic N) is 1. The maximum Gasteiger partial charge on any atom is 0.346 e. The van der Waals surface area contributed by atoms with Crippen molar-refractivity contribution in [3.05, 3.63) is 29.1 Å². The van der Waals surface area contributed by atoms with Crippen molar-refractivity contribution in [3.8, 4) is 0 Å². The van der Waals surface area contributed by atoms with Gasteiger partial charge in [-0.2, -0.15) is 0 Å². The Morgan fingerprint density at radius 1 is 0.667 bits per heavy atom. The predicted molar refractivity (Wildman–Crippen MR) is 149 cm³/mol. The van der Waals surface area contributed by atoms with Crippen LogP contribution in [0, 0.1) is 0 Å². The summed E-state index contributed by atoms with van der Waals surface area (Å²) in [6.07, 6.45) is 2.78. The van der Waals surface area contributed by atoms with Crippen molar-refractivity contribution < 1.29 is 27.2 Å². The van der Waals surface area contributed by atoms with Crippen molar-refractivity contribution in [2.45, 2.75) is 118 Å². The van der Waals surface area contributed by atoms with Gasteiger partial charge >= 0.3 is 15.2 Å². The molecule has 210 valence electrons. The Morgan fingerprint density at radius 2 is 0.972 bits per heavy atom. The van der Waals surface area contributed by atoms with Crippen LogP contribution in [0.15, 0.2) is 12.1 Å². The Morgan fingerprint density at radius 3 is 1.22 bits per heavy atom. The minimum atomic E-state index is -3.88. The van der Waals surface area contributed by atoms with Crippen LogP contribution in [0.5, 0.6) is 0 Å². The molecule has 0 aliphatic rings. The molecule has 0 unspecified atom stereocenters. The average Bonchev–Trinajstić information content (AvgIpc) is 2.81. The Kier molecular flexibility index (Phi) is 13.5. The highest BCUT2D eigenvalue weighted by Gasteiger charge is 2.51. The highest BCUT2D eigenvalue weighted by atomic mass is 31.2. The highest BCUT2D eigenvalue weighted by molar-refractivity contribution is 7.72. The predicted octanol–water partition coefficient (Wildman–Crippen LogP) is 8.64. The van der Waals surface area contributed by atoms with Gasteiger partial charge in [0.05, 0.1) is 26.4 Å². The van der Waals surface area contributed by atoms with Crippen LogP contribution in [0.2, 0.25) is 0 Å². The molecule has 0 fully saturated rings. The van der Waals surface area contributed by atoms with Crippen molar-refractivity contribution in [1.82, 2.24) is 4.98 Å². The van der Waals surface area contributed by atoms with E-state index in [1.165, 1.54) is 0 Å². The maximum atomic E-state index is 14.4. The third kappa shape index (κ3) is 9.97. The third-order valence-corrected chi connectivity index (χ3v) is 11.2. The maximum absolute atomic E-state index is 14.4. The lowest BCUT2D eigenvalue weighted by atomic mass is 9.86. The van der Waals surface area contributed by atoms with Crippen LogP contribution in [0.3, 0.4) is 0 Å². The van der Waals surface area contributed by atoms with Crippen molar-refractivity contribution in [1.29, 1.82) is 0 Å². The normalized spacial score (nSPS) is 13.5. The first-order valence-electron chi connectivity index (χ1n) is 13.5. The lowest BCUT2D eigenvalue weighted by Gasteiger charge is -2.33. The second-order valence-corrected chi connectivity index (χ2v) is 16.2. The molecule has 1 aromatic rings. The largest absolute Gasteiger partial charge is 0.346 e. The molecule has 1 aromatic heterocycles. The third-order valence-electron chi connectivity index (χ3n) is 5.47. The van der Waals surface area contributed by atoms with Crippen molar-refractivity contribution in [2.75, 3.05) is 26.4 Å². The molecule has 0 aromatic carbocycles. The molecular weight excluding hydrogens is 496 g/mol. The molecule has 0 saturated heterocycles. The molecule has 36 heavy (non-hydrogen) atoms. The van der Waals surface area contributed by atoms with Gasteiger partial charge in [0.2, 0.25) is 0 Å². The molecule has 0 N–H and O–H groups in total. The van der Waals surface area contributed by atoms with Gasteiger partial charge in [-0.25, -0.2) is 0 Å². The van der Waals surface area contributed by atoms with E-state index >= 15 is 0 Å². The zero-order valence-electron chi connectivity index (χ0n) is 24.4. The Hall–Kier alpha value is -0.550. The van der Waals surface area contributed by atoms with Crippen LogP contribution in [0.25, 0.3) is 0 Å². The summed E-state index contributed by atoms with van der Waals surface area (Å²) in [6.45, 7) is 21.4. The van der Waals surface area contributed by atoms with Crippen LogP contribution >= 0.6 is 15.2 Å². The van der Waals surface area contributed by atoms with E-state index in [-0.39, 0.29) is 43.7 Å². The lowest BCUT2D eigenvalue weighted by Crippen LogP contribution is -2.24. The van der Waals surface area contributed by atoms with Gasteiger partial charge in [-0.15, -0.1) is 0 Å². The number of hydrogen-bond donors (Lipinski definition) is 0. The van der Waals surface area contributed by atoms with Crippen LogP contribution in [0.4, 0.5) is 0 Å². The van der Waals surface area contributed by atoms with E-state index in [0.717, 1.165) is 17.0 Å². The summed E-state index contributed by atoms with van der Waals surface area (Å²) in [7, 11) is -7.75. The molecule has 0 saturated carbocycles. The number of pyridine rings is 1. The summed E-state index contributed by atoms with van der Waals surface area (Å²) < 4.78 is 52.4. The fraction of sp³-hybridized carbons (Fsp3) is 0.815. The number of hydrogen-bond acceptors (Lipinski definition) is 7. The molecule has 0 aliphatic heterocycles. The Labute approximate surface area is 220 Å². The van der Waals surface area contributed by atoms with E-state index in [1.807, 2.05) is 39.8 Å². The molecular formula is C27H51NO6P2. The monoisotopic (exact) mass is 547 g/mol. The topological polar surface area (TPSA) is 84.0 Å². The first-order chi connectivity index (χ1) is 16.7. The summed E-state index contributed by atoms with van der Waals surface area (Å²) >= 11 is 0. The summed E-state index contributed by atoms with van der Waals surface area (Å²) in [5, 5.41) is -1.08. The van der Waals surface area contributed by atoms with Crippen LogP contribution in [-0.2, 0) is 44.5 Å². The summed E-state index contributed by atoms with van der Waals surface area (Å²) in [6, 6.07) is 4.02. The first kappa shape index (κ1) is 33.5. The van der Waals surface area contributed by atoms with E-state index in [1.54, 1.807) is 0 Å². The van der Waals surface area contributed by atoms with Crippen LogP contribution in [0.1, 0.15) is 112 Å². The van der Waals surface area contributed by atoms with Crippen molar-refractivity contribution in [2.24, 2.45) is 0 Å². The van der Waals surface area contributed by atoms with Crippen LogP contribution in [-0.4, -0.2) is 36.8 Å². The molecule has 0 amide bonds. The Bertz CT molecular complexity index is 801. The molecule has 1 rings (SSSR count). The van der Waals surface area contributed by atoms with Gasteiger partial charge in [-0.05, 0) is 49.8 Å². The molecule has 9 heteroatoms. The second kappa shape index (κ2) is 14.6. The van der Waals surface area contributed by atoms with Gasteiger partial charge in [0.25, 0.3) is 0 Å². The van der Waals surface area contributed by atoms with E-state index < -0.39 is 20.6 Å². The van der Waals surface area contributed by atoms with E-state index in [9.17, 15) is 9.13 Å². The van der Waals surface area contributed by atoms with E-state index in [2.05, 4.69) is 41.5 Å². The van der Waals surface area contributed by atoms with Crippen LogP contribution < -0.4 is 0 Å². The van der Waals surface area contributed by atoms with Gasteiger partial charge in [-0.1, -0.05) is 69.2 Å². The van der Waals surface area contributed by atoms with Crippen molar-refractivity contribution >= 4 is 15.2 Å². The highest BCUT2D eigenvalue weighted by Crippen LogP contribution is 2.71. The van der Waals surface area contributed by atoms with Gasteiger partial charge in [0.15, 0.2) is 5.40 Å². The fourth-order valence-electron chi connectivity index (χ4n) is 3.37.